The predicted octanol–water partition coefficient (Wildman–Crippen LogP) is 1.37. The minimum atomic E-state index is 0.0699. The van der Waals surface area contributed by atoms with E-state index in [2.05, 4.69) is 22.5 Å². The molecule has 1 heterocycles. The maximum absolute atomic E-state index is 12.3. The second-order valence-corrected chi connectivity index (χ2v) is 6.25. The lowest BCUT2D eigenvalue weighted by molar-refractivity contribution is -0.126. The van der Waals surface area contributed by atoms with Crippen LogP contribution in [0.1, 0.15) is 45.4 Å². The monoisotopic (exact) mass is 267 g/mol. The third-order valence-corrected chi connectivity index (χ3v) is 4.56. The van der Waals surface area contributed by atoms with Crippen molar-refractivity contribution in [3.05, 3.63) is 0 Å². The second kappa shape index (κ2) is 7.25. The summed E-state index contributed by atoms with van der Waals surface area (Å²) in [5.74, 6) is 0.802. The van der Waals surface area contributed by atoms with Gasteiger partial charge in [0.2, 0.25) is 5.91 Å². The smallest absolute Gasteiger partial charge is 0.237 e. The van der Waals surface area contributed by atoms with Gasteiger partial charge in [0.05, 0.1) is 6.04 Å². The van der Waals surface area contributed by atoms with Crippen LogP contribution in [0.3, 0.4) is 0 Å². The Kier molecular flexibility index (Phi) is 5.64. The molecular weight excluding hydrogens is 238 g/mol. The minimum Gasteiger partial charge on any atom is -0.354 e. The summed E-state index contributed by atoms with van der Waals surface area (Å²) in [4.78, 5) is 14.9. The van der Waals surface area contributed by atoms with E-state index in [9.17, 15) is 4.79 Å². The van der Waals surface area contributed by atoms with Crippen LogP contribution in [0.5, 0.6) is 0 Å². The fourth-order valence-electron chi connectivity index (χ4n) is 3.49. The number of carbonyl (C=O) groups excluding carboxylic acids is 1. The van der Waals surface area contributed by atoms with Crippen LogP contribution < -0.4 is 10.6 Å². The minimum absolute atomic E-state index is 0.0699. The summed E-state index contributed by atoms with van der Waals surface area (Å²) in [6.45, 7) is 5.06. The van der Waals surface area contributed by atoms with Crippen molar-refractivity contribution < 1.29 is 4.79 Å². The van der Waals surface area contributed by atoms with Crippen molar-refractivity contribution in [3.63, 3.8) is 0 Å². The predicted molar refractivity (Wildman–Crippen MR) is 78.1 cm³/mol. The number of amides is 1. The largest absolute Gasteiger partial charge is 0.354 e. The van der Waals surface area contributed by atoms with Crippen molar-refractivity contribution in [1.82, 2.24) is 15.5 Å². The van der Waals surface area contributed by atoms with Gasteiger partial charge in [-0.2, -0.15) is 0 Å². The molecule has 2 aliphatic rings. The molecule has 2 unspecified atom stereocenters. The Morgan fingerprint density at radius 2 is 2.05 bits per heavy atom. The topological polar surface area (TPSA) is 44.4 Å². The van der Waals surface area contributed by atoms with Gasteiger partial charge in [0.15, 0.2) is 0 Å². The van der Waals surface area contributed by atoms with Gasteiger partial charge >= 0.3 is 0 Å². The van der Waals surface area contributed by atoms with Crippen LogP contribution in [0.25, 0.3) is 0 Å². The first-order valence-electron chi connectivity index (χ1n) is 7.90. The standard InChI is InChI=1S/C15H29N3O/c1-12-10-17-15(19)14(8-9-16-2)18(11-12)13-6-4-3-5-7-13/h12-14,16H,3-11H2,1-2H3,(H,17,19). The van der Waals surface area contributed by atoms with Crippen LogP contribution in [0.2, 0.25) is 0 Å². The fourth-order valence-corrected chi connectivity index (χ4v) is 3.49. The number of carbonyl (C=O) groups is 1. The van der Waals surface area contributed by atoms with E-state index in [1.165, 1.54) is 32.1 Å². The SMILES string of the molecule is CNCCC1C(=O)NCC(C)CN1C1CCCCC1. The molecule has 0 aromatic carbocycles. The Morgan fingerprint density at radius 3 is 2.74 bits per heavy atom. The summed E-state index contributed by atoms with van der Waals surface area (Å²) < 4.78 is 0. The van der Waals surface area contributed by atoms with Crippen LogP contribution in [0, 0.1) is 5.92 Å². The molecule has 1 aliphatic carbocycles. The Balaban J connectivity index is 2.08. The van der Waals surface area contributed by atoms with Crippen LogP contribution in [-0.4, -0.2) is 49.6 Å². The Labute approximate surface area is 117 Å². The van der Waals surface area contributed by atoms with Crippen molar-refractivity contribution >= 4 is 5.91 Å². The van der Waals surface area contributed by atoms with E-state index in [1.54, 1.807) is 0 Å². The quantitative estimate of drug-likeness (QED) is 0.808. The fraction of sp³-hybridized carbons (Fsp3) is 0.933. The Morgan fingerprint density at radius 1 is 1.32 bits per heavy atom. The highest BCUT2D eigenvalue weighted by molar-refractivity contribution is 5.82. The Hall–Kier alpha value is -0.610. The molecule has 19 heavy (non-hydrogen) atoms. The zero-order valence-electron chi connectivity index (χ0n) is 12.5. The zero-order valence-corrected chi connectivity index (χ0v) is 12.5. The van der Waals surface area contributed by atoms with Gasteiger partial charge in [-0.1, -0.05) is 26.2 Å². The summed E-state index contributed by atoms with van der Waals surface area (Å²) in [5, 5.41) is 6.30. The van der Waals surface area contributed by atoms with Crippen molar-refractivity contribution in [2.45, 2.75) is 57.5 Å². The lowest BCUT2D eigenvalue weighted by Gasteiger charge is -2.38. The van der Waals surface area contributed by atoms with Gasteiger partial charge < -0.3 is 10.6 Å². The third kappa shape index (κ3) is 3.93. The van der Waals surface area contributed by atoms with E-state index in [0.717, 1.165) is 26.1 Å². The highest BCUT2D eigenvalue weighted by atomic mass is 16.2. The average Bonchev–Trinajstić information content (AvgIpc) is 2.58. The van der Waals surface area contributed by atoms with Gasteiger partial charge in [0, 0.05) is 19.1 Å². The highest BCUT2D eigenvalue weighted by Crippen LogP contribution is 2.27. The van der Waals surface area contributed by atoms with Crippen LogP contribution >= 0.6 is 0 Å². The molecule has 0 aromatic heterocycles. The highest BCUT2D eigenvalue weighted by Gasteiger charge is 2.34. The summed E-state index contributed by atoms with van der Waals surface area (Å²) in [5.41, 5.74) is 0. The Bertz CT molecular complexity index is 289. The van der Waals surface area contributed by atoms with Crippen molar-refractivity contribution in [2.24, 2.45) is 5.92 Å². The summed E-state index contributed by atoms with van der Waals surface area (Å²) in [6, 6.07) is 0.697. The molecule has 0 spiro atoms. The first-order chi connectivity index (χ1) is 9.22. The van der Waals surface area contributed by atoms with E-state index in [4.69, 9.17) is 0 Å². The molecule has 0 bridgehead atoms. The lowest BCUT2D eigenvalue weighted by Crippen LogP contribution is -2.50. The number of nitrogens with zero attached hydrogens (tertiary/aromatic N) is 1. The molecule has 2 fully saturated rings. The van der Waals surface area contributed by atoms with Gasteiger partial charge in [-0.05, 0) is 38.8 Å². The molecule has 0 aromatic rings. The van der Waals surface area contributed by atoms with Crippen LogP contribution in [-0.2, 0) is 4.79 Å². The van der Waals surface area contributed by atoms with Gasteiger partial charge in [-0.15, -0.1) is 0 Å². The number of hydrogen-bond donors (Lipinski definition) is 2. The van der Waals surface area contributed by atoms with Crippen molar-refractivity contribution in [1.29, 1.82) is 0 Å². The van der Waals surface area contributed by atoms with E-state index in [1.807, 2.05) is 7.05 Å². The molecule has 4 nitrogen and oxygen atoms in total. The molecule has 4 heteroatoms. The van der Waals surface area contributed by atoms with Gasteiger partial charge in [-0.3, -0.25) is 9.69 Å². The summed E-state index contributed by atoms with van der Waals surface area (Å²) >= 11 is 0. The molecule has 1 saturated heterocycles. The summed E-state index contributed by atoms with van der Waals surface area (Å²) in [6.07, 6.45) is 7.50. The molecular formula is C15H29N3O. The molecule has 2 N–H and O–H groups in total. The third-order valence-electron chi connectivity index (χ3n) is 4.56. The molecule has 2 atom stereocenters. The maximum atomic E-state index is 12.3. The molecule has 0 radical (unpaired) electrons. The van der Waals surface area contributed by atoms with Crippen molar-refractivity contribution in [3.8, 4) is 0 Å². The number of rotatable bonds is 4. The molecule has 2 rings (SSSR count). The van der Waals surface area contributed by atoms with E-state index < -0.39 is 0 Å². The van der Waals surface area contributed by atoms with Crippen molar-refractivity contribution in [2.75, 3.05) is 26.7 Å². The van der Waals surface area contributed by atoms with E-state index >= 15 is 0 Å². The number of hydrogen-bond acceptors (Lipinski definition) is 3. The van der Waals surface area contributed by atoms with Gasteiger partial charge in [0.1, 0.15) is 0 Å². The zero-order chi connectivity index (χ0) is 13.7. The van der Waals surface area contributed by atoms with Crippen LogP contribution in [0.15, 0.2) is 0 Å². The van der Waals surface area contributed by atoms with Gasteiger partial charge in [0.25, 0.3) is 0 Å². The molecule has 1 aliphatic heterocycles. The van der Waals surface area contributed by atoms with Crippen LogP contribution in [0.4, 0.5) is 0 Å². The number of nitrogens with one attached hydrogen (secondary N) is 2. The first-order valence-corrected chi connectivity index (χ1v) is 7.90. The summed E-state index contributed by atoms with van der Waals surface area (Å²) in [7, 11) is 1.96. The van der Waals surface area contributed by atoms with E-state index in [-0.39, 0.29) is 11.9 Å². The van der Waals surface area contributed by atoms with E-state index in [0.29, 0.717) is 12.0 Å². The molecule has 1 saturated carbocycles. The normalized spacial score (nSPS) is 30.9. The molecule has 110 valence electrons. The first kappa shape index (κ1) is 14.8. The second-order valence-electron chi connectivity index (χ2n) is 6.25. The lowest BCUT2D eigenvalue weighted by atomic mass is 9.92. The molecule has 1 amide bonds. The van der Waals surface area contributed by atoms with Gasteiger partial charge in [-0.25, -0.2) is 0 Å². The average molecular weight is 267 g/mol. The maximum Gasteiger partial charge on any atom is 0.237 e.